The molecule has 5 nitrogen and oxygen atoms in total. The molecule has 0 aromatic heterocycles. The topological polar surface area (TPSA) is 92.2 Å². The number of nitrogens with two attached hydrogens (primary N) is 1. The lowest BCUT2D eigenvalue weighted by atomic mass is 10.3. The number of anilines is 1. The van der Waals surface area contributed by atoms with Crippen LogP contribution in [0.3, 0.4) is 0 Å². The molecule has 0 heterocycles. The Kier molecular flexibility index (Phi) is 4.21. The van der Waals surface area contributed by atoms with Crippen molar-refractivity contribution in [1.82, 2.24) is 0 Å². The maximum atomic E-state index is 10.5. The van der Waals surface area contributed by atoms with E-state index in [0.29, 0.717) is 5.69 Å². The SMILES string of the molecule is C[N+](=O)[O-].Nc1ccccc1[O-]. The Bertz CT molecular complexity index is 238. The van der Waals surface area contributed by atoms with Gasteiger partial charge in [-0.3, -0.25) is 10.1 Å². The molecule has 0 spiro atoms. The van der Waals surface area contributed by atoms with E-state index in [1.165, 1.54) is 6.07 Å². The van der Waals surface area contributed by atoms with Gasteiger partial charge in [0, 0.05) is 10.6 Å². The lowest BCUT2D eigenvalue weighted by Crippen LogP contribution is -1.94. The summed E-state index contributed by atoms with van der Waals surface area (Å²) >= 11 is 0. The van der Waals surface area contributed by atoms with Crippen molar-refractivity contribution in [1.29, 1.82) is 0 Å². The molecule has 0 unspecified atom stereocenters. The van der Waals surface area contributed by atoms with Crippen LogP contribution in [0.1, 0.15) is 0 Å². The molecule has 0 aliphatic heterocycles. The number of nitrogen functional groups attached to an aromatic ring is 1. The highest BCUT2D eigenvalue weighted by atomic mass is 16.6. The molecule has 0 radical (unpaired) electrons. The van der Waals surface area contributed by atoms with E-state index in [9.17, 15) is 5.11 Å². The third-order valence-electron chi connectivity index (χ3n) is 0.919. The largest absolute Gasteiger partial charge is 0.871 e. The van der Waals surface area contributed by atoms with Crippen LogP contribution in [0, 0.1) is 10.1 Å². The molecule has 0 amide bonds. The molecule has 0 saturated carbocycles. The van der Waals surface area contributed by atoms with Gasteiger partial charge in [0.1, 0.15) is 0 Å². The van der Waals surface area contributed by atoms with Gasteiger partial charge in [-0.05, 0) is 6.07 Å². The number of para-hydroxylation sites is 2. The van der Waals surface area contributed by atoms with Crippen LogP contribution >= 0.6 is 0 Å². The molecule has 0 fully saturated rings. The molecule has 2 N–H and O–H groups in total. The summed E-state index contributed by atoms with van der Waals surface area (Å²) < 4.78 is 0. The standard InChI is InChI=1S/C6H7NO.CH3NO2/c7-5-3-1-2-4-6(5)8;1-2(3)4/h1-4,8H,7H2;1H3/p-1. The summed E-state index contributed by atoms with van der Waals surface area (Å²) in [6, 6.07) is 6.42. The molecular weight excluding hydrogens is 160 g/mol. The van der Waals surface area contributed by atoms with Gasteiger partial charge in [0.25, 0.3) is 0 Å². The van der Waals surface area contributed by atoms with Crippen LogP contribution < -0.4 is 10.8 Å². The summed E-state index contributed by atoms with van der Waals surface area (Å²) in [5.41, 5.74) is 5.52. The van der Waals surface area contributed by atoms with E-state index in [2.05, 4.69) is 0 Å². The first-order valence-corrected chi connectivity index (χ1v) is 3.13. The van der Waals surface area contributed by atoms with Crippen molar-refractivity contribution in [2.45, 2.75) is 0 Å². The van der Waals surface area contributed by atoms with E-state index in [4.69, 9.17) is 15.8 Å². The van der Waals surface area contributed by atoms with Crippen molar-refractivity contribution < 1.29 is 10.0 Å². The lowest BCUT2D eigenvalue weighted by Gasteiger charge is -2.05. The predicted molar refractivity (Wildman–Crippen MR) is 43.2 cm³/mol. The number of benzene rings is 1. The van der Waals surface area contributed by atoms with Crippen LogP contribution in [0.2, 0.25) is 0 Å². The molecule has 1 aromatic rings. The van der Waals surface area contributed by atoms with Gasteiger partial charge in [-0.25, -0.2) is 0 Å². The zero-order valence-corrected chi connectivity index (χ0v) is 6.56. The first-order chi connectivity index (χ1) is 5.54. The summed E-state index contributed by atoms with van der Waals surface area (Å²) in [7, 11) is 0.889. The average Bonchev–Trinajstić information content (AvgIpc) is 1.94. The third kappa shape index (κ3) is 5.04. The molecule has 12 heavy (non-hydrogen) atoms. The van der Waals surface area contributed by atoms with E-state index in [1.807, 2.05) is 0 Å². The van der Waals surface area contributed by atoms with Crippen LogP contribution in [0.4, 0.5) is 5.69 Å². The zero-order chi connectivity index (χ0) is 9.56. The highest BCUT2D eigenvalue weighted by molar-refractivity contribution is 5.49. The second kappa shape index (κ2) is 4.95. The first kappa shape index (κ1) is 10.2. The number of nitrogens with zero attached hydrogens (tertiary/aromatic N) is 1. The van der Waals surface area contributed by atoms with Gasteiger partial charge in [0.05, 0.1) is 0 Å². The zero-order valence-electron chi connectivity index (χ0n) is 6.56. The van der Waals surface area contributed by atoms with Crippen molar-refractivity contribution in [2.24, 2.45) is 0 Å². The number of hydrogen-bond acceptors (Lipinski definition) is 4. The second-order valence-corrected chi connectivity index (χ2v) is 1.98. The molecule has 0 saturated heterocycles. The Labute approximate surface area is 69.6 Å². The van der Waals surface area contributed by atoms with E-state index in [1.54, 1.807) is 18.2 Å². The monoisotopic (exact) mass is 169 g/mol. The van der Waals surface area contributed by atoms with Crippen molar-refractivity contribution >= 4 is 5.69 Å². The molecule has 1 rings (SSSR count). The van der Waals surface area contributed by atoms with Crippen LogP contribution in [-0.4, -0.2) is 12.0 Å². The molecule has 1 aromatic carbocycles. The highest BCUT2D eigenvalue weighted by Gasteiger charge is 1.78. The maximum absolute atomic E-state index is 10.5. The molecule has 0 bridgehead atoms. The van der Waals surface area contributed by atoms with Crippen molar-refractivity contribution in [2.75, 3.05) is 12.8 Å². The third-order valence-corrected chi connectivity index (χ3v) is 0.919. The van der Waals surface area contributed by atoms with Gasteiger partial charge in [0.15, 0.2) is 7.05 Å². The first-order valence-electron chi connectivity index (χ1n) is 3.13. The fraction of sp³-hybridized carbons (Fsp3) is 0.143. The fourth-order valence-electron chi connectivity index (χ4n) is 0.481. The maximum Gasteiger partial charge on any atom is 0.194 e. The van der Waals surface area contributed by atoms with Crippen LogP contribution in [0.5, 0.6) is 5.75 Å². The van der Waals surface area contributed by atoms with Crippen LogP contribution in [0.25, 0.3) is 0 Å². The summed E-state index contributed by atoms with van der Waals surface area (Å²) in [5.74, 6) is -0.104. The molecule has 0 aliphatic rings. The smallest absolute Gasteiger partial charge is 0.194 e. The Balaban J connectivity index is 0.000000261. The number of rotatable bonds is 0. The van der Waals surface area contributed by atoms with Gasteiger partial charge >= 0.3 is 0 Å². The molecule has 0 atom stereocenters. The number of hydrogen-bond donors (Lipinski definition) is 1. The second-order valence-electron chi connectivity index (χ2n) is 1.98. The average molecular weight is 169 g/mol. The highest BCUT2D eigenvalue weighted by Crippen LogP contribution is 2.12. The molecule has 0 aliphatic carbocycles. The Morgan fingerprint density at radius 1 is 1.42 bits per heavy atom. The van der Waals surface area contributed by atoms with Gasteiger partial charge < -0.3 is 10.8 Å². The van der Waals surface area contributed by atoms with E-state index in [0.717, 1.165) is 7.05 Å². The molecule has 5 heteroatoms. The van der Waals surface area contributed by atoms with Crippen LogP contribution in [-0.2, 0) is 0 Å². The summed E-state index contributed by atoms with van der Waals surface area (Å²) in [6.07, 6.45) is 0. The molecular formula is C7H9N2O3-. The number of nitro groups is 1. The van der Waals surface area contributed by atoms with Gasteiger partial charge in [-0.2, -0.15) is 0 Å². The van der Waals surface area contributed by atoms with E-state index >= 15 is 0 Å². The normalized spacial score (nSPS) is 8.08. The summed E-state index contributed by atoms with van der Waals surface area (Å²) in [5, 5.41) is 19.3. The molecule has 66 valence electrons. The van der Waals surface area contributed by atoms with Gasteiger partial charge in [-0.1, -0.05) is 23.9 Å². The van der Waals surface area contributed by atoms with E-state index in [-0.39, 0.29) is 5.75 Å². The minimum atomic E-state index is -0.500. The van der Waals surface area contributed by atoms with Gasteiger partial charge in [-0.15, -0.1) is 0 Å². The Morgan fingerprint density at radius 3 is 2.08 bits per heavy atom. The minimum absolute atomic E-state index is 0.104. The summed E-state index contributed by atoms with van der Waals surface area (Å²) in [4.78, 5) is 8.31. The fourth-order valence-corrected chi connectivity index (χ4v) is 0.481. The Hall–Kier alpha value is -1.78. The lowest BCUT2D eigenvalue weighted by molar-refractivity contribution is -0.445. The van der Waals surface area contributed by atoms with E-state index < -0.39 is 4.92 Å². The van der Waals surface area contributed by atoms with Crippen molar-refractivity contribution in [3.05, 3.63) is 34.4 Å². The van der Waals surface area contributed by atoms with Crippen molar-refractivity contribution in [3.8, 4) is 5.75 Å². The minimum Gasteiger partial charge on any atom is -0.871 e. The Morgan fingerprint density at radius 2 is 1.83 bits per heavy atom. The summed E-state index contributed by atoms with van der Waals surface area (Å²) in [6.45, 7) is 0. The quantitative estimate of drug-likeness (QED) is 0.342. The van der Waals surface area contributed by atoms with Crippen LogP contribution in [0.15, 0.2) is 24.3 Å². The van der Waals surface area contributed by atoms with Crippen molar-refractivity contribution in [3.63, 3.8) is 0 Å². The van der Waals surface area contributed by atoms with Gasteiger partial charge in [0.2, 0.25) is 0 Å². The predicted octanol–water partition coefficient (Wildman–Crippen LogP) is 0.235.